The van der Waals surface area contributed by atoms with Gasteiger partial charge in [0.1, 0.15) is 0 Å². The van der Waals surface area contributed by atoms with Crippen LogP contribution in [0, 0.1) is 0 Å². The van der Waals surface area contributed by atoms with Crippen molar-refractivity contribution in [1.82, 2.24) is 0 Å². The Labute approximate surface area is 94.4 Å². The minimum absolute atomic E-state index is 1.15. The van der Waals surface area contributed by atoms with Crippen molar-refractivity contribution in [2.45, 2.75) is 0 Å². The lowest BCUT2D eigenvalue weighted by atomic mass is 10.0. The zero-order valence-corrected chi connectivity index (χ0v) is 8.85. The molecule has 0 saturated carbocycles. The maximum atomic E-state index is 3.28. The molecule has 1 nitrogen and oxygen atoms in total. The van der Waals surface area contributed by atoms with Gasteiger partial charge in [0, 0.05) is 12.1 Å². The van der Waals surface area contributed by atoms with Crippen LogP contribution in [0.2, 0.25) is 0 Å². The third-order valence-corrected chi connectivity index (χ3v) is 2.79. The lowest BCUT2D eigenvalue weighted by Gasteiger charge is -2.01. The van der Waals surface area contributed by atoms with Crippen LogP contribution in [0.1, 0.15) is 0 Å². The minimum Gasteiger partial charge on any atom is -0.211 e. The van der Waals surface area contributed by atoms with E-state index in [2.05, 4.69) is 53.5 Å². The predicted octanol–water partition coefficient (Wildman–Crippen LogP) is 3.32. The molecule has 0 atom stereocenters. The third kappa shape index (κ3) is 1.47. The Morgan fingerprint density at radius 2 is 1.50 bits per heavy atom. The number of aromatic amines is 1. The van der Waals surface area contributed by atoms with Gasteiger partial charge in [-0.2, -0.15) is 0 Å². The fourth-order valence-electron chi connectivity index (χ4n) is 2.02. The van der Waals surface area contributed by atoms with Gasteiger partial charge in [-0.05, 0) is 22.9 Å². The Morgan fingerprint density at radius 1 is 0.688 bits per heavy atom. The smallest absolute Gasteiger partial charge is 0.211 e. The van der Waals surface area contributed by atoms with Gasteiger partial charge >= 0.3 is 0 Å². The number of H-pyrrole nitrogens is 1. The first kappa shape index (κ1) is 9.10. The van der Waals surface area contributed by atoms with E-state index < -0.39 is 0 Å². The van der Waals surface area contributed by atoms with Gasteiger partial charge in [0.05, 0.1) is 5.56 Å². The summed E-state index contributed by atoms with van der Waals surface area (Å²) in [6.45, 7) is 0. The van der Waals surface area contributed by atoms with Gasteiger partial charge in [0.25, 0.3) is 0 Å². The molecule has 0 saturated heterocycles. The molecule has 0 unspecified atom stereocenters. The number of aromatic nitrogens is 1. The van der Waals surface area contributed by atoms with Crippen molar-refractivity contribution in [2.75, 3.05) is 0 Å². The SMILES string of the molecule is c1ccc(-c2cccc3ccccc23)[nH+]c1. The van der Waals surface area contributed by atoms with Gasteiger partial charge in [-0.1, -0.05) is 36.4 Å². The molecule has 0 spiro atoms. The molecule has 2 aromatic carbocycles. The van der Waals surface area contributed by atoms with Gasteiger partial charge in [-0.15, -0.1) is 0 Å². The molecule has 0 aliphatic carbocycles. The average Bonchev–Trinajstić information content (AvgIpc) is 2.39. The topological polar surface area (TPSA) is 14.1 Å². The van der Waals surface area contributed by atoms with Crippen molar-refractivity contribution < 1.29 is 4.98 Å². The van der Waals surface area contributed by atoms with E-state index >= 15 is 0 Å². The zero-order valence-electron chi connectivity index (χ0n) is 8.85. The molecule has 0 radical (unpaired) electrons. The second kappa shape index (κ2) is 3.78. The van der Waals surface area contributed by atoms with Gasteiger partial charge in [0.15, 0.2) is 6.20 Å². The van der Waals surface area contributed by atoms with E-state index in [-0.39, 0.29) is 0 Å². The maximum absolute atomic E-state index is 3.28. The molecule has 1 N–H and O–H groups in total. The monoisotopic (exact) mass is 206 g/mol. The highest BCUT2D eigenvalue weighted by atomic mass is 14.7. The molecular formula is C15H12N+. The molecule has 0 aliphatic rings. The molecule has 0 aliphatic heterocycles. The molecule has 3 rings (SSSR count). The second-order valence-corrected chi connectivity index (χ2v) is 3.80. The molecule has 1 heteroatoms. The summed E-state index contributed by atoms with van der Waals surface area (Å²) in [7, 11) is 0. The second-order valence-electron chi connectivity index (χ2n) is 3.80. The fraction of sp³-hybridized carbons (Fsp3) is 0. The number of rotatable bonds is 1. The number of pyridine rings is 1. The highest BCUT2D eigenvalue weighted by molar-refractivity contribution is 5.95. The molecule has 1 aromatic heterocycles. The molecule has 0 amide bonds. The largest absolute Gasteiger partial charge is 0.211 e. The Hall–Kier alpha value is -2.15. The Kier molecular flexibility index (Phi) is 2.15. The Balaban J connectivity index is 2.32. The average molecular weight is 206 g/mol. The number of hydrogen-bond acceptors (Lipinski definition) is 0. The van der Waals surface area contributed by atoms with Crippen LogP contribution in [0.3, 0.4) is 0 Å². The van der Waals surface area contributed by atoms with Crippen molar-refractivity contribution in [1.29, 1.82) is 0 Å². The first-order valence-electron chi connectivity index (χ1n) is 5.40. The van der Waals surface area contributed by atoms with Gasteiger partial charge in [-0.3, -0.25) is 0 Å². The Bertz CT molecular complexity index is 609. The van der Waals surface area contributed by atoms with Crippen LogP contribution in [0.25, 0.3) is 22.0 Å². The minimum atomic E-state index is 1.15. The quantitative estimate of drug-likeness (QED) is 0.580. The van der Waals surface area contributed by atoms with Crippen molar-refractivity contribution in [2.24, 2.45) is 0 Å². The van der Waals surface area contributed by atoms with Gasteiger partial charge < -0.3 is 0 Å². The predicted molar refractivity (Wildman–Crippen MR) is 65.9 cm³/mol. The van der Waals surface area contributed by atoms with Crippen LogP contribution in [0.4, 0.5) is 0 Å². The van der Waals surface area contributed by atoms with E-state index in [0.29, 0.717) is 0 Å². The summed E-state index contributed by atoms with van der Waals surface area (Å²) < 4.78 is 0. The normalized spacial score (nSPS) is 10.5. The highest BCUT2D eigenvalue weighted by Gasteiger charge is 2.07. The fourth-order valence-corrected chi connectivity index (χ4v) is 2.02. The van der Waals surface area contributed by atoms with E-state index in [1.165, 1.54) is 16.3 Å². The summed E-state index contributed by atoms with van der Waals surface area (Å²) in [6.07, 6.45) is 1.96. The summed E-state index contributed by atoms with van der Waals surface area (Å²) in [5, 5.41) is 2.56. The molecule has 0 bridgehead atoms. The van der Waals surface area contributed by atoms with Crippen LogP contribution in [0.15, 0.2) is 66.9 Å². The van der Waals surface area contributed by atoms with E-state index in [1.807, 2.05) is 18.3 Å². The first-order valence-corrected chi connectivity index (χ1v) is 5.40. The molecule has 16 heavy (non-hydrogen) atoms. The van der Waals surface area contributed by atoms with Crippen molar-refractivity contribution in [3.63, 3.8) is 0 Å². The lowest BCUT2D eigenvalue weighted by molar-refractivity contribution is -0.364. The van der Waals surface area contributed by atoms with E-state index in [9.17, 15) is 0 Å². The molecule has 0 fully saturated rings. The molecular weight excluding hydrogens is 194 g/mol. The summed E-state index contributed by atoms with van der Waals surface area (Å²) in [6, 6.07) is 21.0. The molecule has 76 valence electrons. The van der Waals surface area contributed by atoms with Crippen LogP contribution in [0.5, 0.6) is 0 Å². The standard InChI is InChI=1S/C15H11N/c1-2-8-13-12(6-1)7-5-9-14(13)15-10-3-4-11-16-15/h1-11H/p+1. The van der Waals surface area contributed by atoms with Gasteiger partial charge in [-0.25, -0.2) is 4.98 Å². The lowest BCUT2D eigenvalue weighted by Crippen LogP contribution is -2.04. The summed E-state index contributed by atoms with van der Waals surface area (Å²) >= 11 is 0. The third-order valence-electron chi connectivity index (χ3n) is 2.79. The van der Waals surface area contributed by atoms with Crippen LogP contribution < -0.4 is 4.98 Å². The first-order chi connectivity index (χ1) is 7.95. The van der Waals surface area contributed by atoms with E-state index in [4.69, 9.17) is 0 Å². The van der Waals surface area contributed by atoms with Crippen LogP contribution in [-0.2, 0) is 0 Å². The van der Waals surface area contributed by atoms with E-state index in [0.717, 1.165) is 5.69 Å². The Morgan fingerprint density at radius 3 is 2.38 bits per heavy atom. The van der Waals surface area contributed by atoms with Crippen molar-refractivity contribution in [3.8, 4) is 11.3 Å². The van der Waals surface area contributed by atoms with Crippen molar-refractivity contribution in [3.05, 3.63) is 66.9 Å². The van der Waals surface area contributed by atoms with Crippen LogP contribution in [-0.4, -0.2) is 0 Å². The molecule has 1 heterocycles. The zero-order chi connectivity index (χ0) is 10.8. The van der Waals surface area contributed by atoms with Gasteiger partial charge in [0.2, 0.25) is 5.69 Å². The number of benzene rings is 2. The number of fused-ring (bicyclic) bond motifs is 1. The number of hydrogen-bond donors (Lipinski definition) is 0. The highest BCUT2D eigenvalue weighted by Crippen LogP contribution is 2.25. The van der Waals surface area contributed by atoms with Crippen molar-refractivity contribution >= 4 is 10.8 Å². The molecule has 3 aromatic rings. The number of nitrogens with one attached hydrogen (secondary N) is 1. The summed E-state index contributed by atoms with van der Waals surface area (Å²) in [5.41, 5.74) is 2.40. The van der Waals surface area contributed by atoms with Crippen LogP contribution >= 0.6 is 0 Å². The summed E-state index contributed by atoms with van der Waals surface area (Å²) in [4.78, 5) is 3.28. The maximum Gasteiger partial charge on any atom is 0.211 e. The van der Waals surface area contributed by atoms with E-state index in [1.54, 1.807) is 0 Å². The summed E-state index contributed by atoms with van der Waals surface area (Å²) in [5.74, 6) is 0.